The SMILES string of the molecule is O=S(=O)(c1ccc(F)cc1)N1CC(c2nc(-c3cccnc3)no2)C1. The molecule has 1 aliphatic heterocycles. The largest absolute Gasteiger partial charge is 0.339 e. The first kappa shape index (κ1) is 15.9. The number of benzene rings is 1. The van der Waals surface area contributed by atoms with Crippen LogP contribution in [0.25, 0.3) is 11.4 Å². The number of rotatable bonds is 4. The quantitative estimate of drug-likeness (QED) is 0.707. The molecular weight excluding hydrogens is 347 g/mol. The monoisotopic (exact) mass is 360 g/mol. The molecule has 4 rings (SSSR count). The Kier molecular flexibility index (Phi) is 3.81. The van der Waals surface area contributed by atoms with Crippen molar-refractivity contribution in [2.24, 2.45) is 0 Å². The minimum Gasteiger partial charge on any atom is -0.339 e. The van der Waals surface area contributed by atoms with Crippen molar-refractivity contribution in [2.45, 2.75) is 10.8 Å². The van der Waals surface area contributed by atoms with Crippen molar-refractivity contribution in [1.29, 1.82) is 0 Å². The summed E-state index contributed by atoms with van der Waals surface area (Å²) in [7, 11) is -3.64. The summed E-state index contributed by atoms with van der Waals surface area (Å²) in [5, 5.41) is 3.91. The van der Waals surface area contributed by atoms with Crippen molar-refractivity contribution >= 4 is 10.0 Å². The van der Waals surface area contributed by atoms with Gasteiger partial charge < -0.3 is 4.52 Å². The smallest absolute Gasteiger partial charge is 0.243 e. The van der Waals surface area contributed by atoms with E-state index in [1.807, 2.05) is 6.07 Å². The number of pyridine rings is 1. The van der Waals surface area contributed by atoms with Crippen LogP contribution in [0, 0.1) is 5.82 Å². The van der Waals surface area contributed by atoms with E-state index in [4.69, 9.17) is 4.52 Å². The molecule has 0 atom stereocenters. The molecule has 0 spiro atoms. The summed E-state index contributed by atoms with van der Waals surface area (Å²) in [6.07, 6.45) is 3.27. The Balaban J connectivity index is 1.47. The standard InChI is InChI=1S/C16H13FN4O3S/c17-13-3-5-14(6-4-13)25(22,23)21-9-12(10-21)16-19-15(20-24-16)11-2-1-7-18-8-11/h1-8,12H,9-10H2. The molecule has 3 aromatic rings. The average molecular weight is 360 g/mol. The van der Waals surface area contributed by atoms with Crippen LogP contribution < -0.4 is 0 Å². The minimum absolute atomic E-state index is 0.0638. The molecule has 1 aliphatic rings. The van der Waals surface area contributed by atoms with Crippen LogP contribution in [-0.2, 0) is 10.0 Å². The van der Waals surface area contributed by atoms with Crippen molar-refractivity contribution in [2.75, 3.05) is 13.1 Å². The lowest BCUT2D eigenvalue weighted by Crippen LogP contribution is -2.48. The van der Waals surface area contributed by atoms with Crippen molar-refractivity contribution in [3.63, 3.8) is 0 Å². The maximum absolute atomic E-state index is 13.0. The van der Waals surface area contributed by atoms with Gasteiger partial charge in [-0.15, -0.1) is 0 Å². The third-order valence-electron chi connectivity index (χ3n) is 4.01. The molecule has 0 radical (unpaired) electrons. The number of aromatic nitrogens is 3. The summed E-state index contributed by atoms with van der Waals surface area (Å²) in [4.78, 5) is 8.38. The molecule has 9 heteroatoms. The molecular formula is C16H13FN4O3S. The highest BCUT2D eigenvalue weighted by Crippen LogP contribution is 2.32. The molecule has 1 fully saturated rings. The van der Waals surface area contributed by atoms with Gasteiger partial charge in [0.15, 0.2) is 0 Å². The fourth-order valence-electron chi connectivity index (χ4n) is 2.56. The lowest BCUT2D eigenvalue weighted by molar-refractivity contribution is 0.217. The van der Waals surface area contributed by atoms with Gasteiger partial charge in [-0.3, -0.25) is 4.98 Å². The minimum atomic E-state index is -3.64. The molecule has 0 bridgehead atoms. The summed E-state index contributed by atoms with van der Waals surface area (Å²) < 4.78 is 44.4. The zero-order chi connectivity index (χ0) is 17.4. The summed E-state index contributed by atoms with van der Waals surface area (Å²) >= 11 is 0. The Bertz CT molecular complexity index is 984. The van der Waals surface area contributed by atoms with Gasteiger partial charge in [-0.05, 0) is 36.4 Å². The van der Waals surface area contributed by atoms with Gasteiger partial charge in [0.2, 0.25) is 21.7 Å². The van der Waals surface area contributed by atoms with Crippen molar-refractivity contribution < 1.29 is 17.3 Å². The van der Waals surface area contributed by atoms with Gasteiger partial charge in [0, 0.05) is 31.0 Å². The third kappa shape index (κ3) is 2.92. The summed E-state index contributed by atoms with van der Waals surface area (Å²) in [5.41, 5.74) is 0.729. The molecule has 3 heterocycles. The summed E-state index contributed by atoms with van der Waals surface area (Å²) in [5.74, 6) is 0.176. The van der Waals surface area contributed by atoms with Crippen molar-refractivity contribution in [3.8, 4) is 11.4 Å². The van der Waals surface area contributed by atoms with E-state index in [0.717, 1.165) is 17.7 Å². The number of sulfonamides is 1. The third-order valence-corrected chi connectivity index (χ3v) is 5.86. The van der Waals surface area contributed by atoms with Crippen LogP contribution in [0.3, 0.4) is 0 Å². The molecule has 0 aliphatic carbocycles. The Labute approximate surface area is 143 Å². The van der Waals surface area contributed by atoms with E-state index < -0.39 is 15.8 Å². The van der Waals surface area contributed by atoms with Crippen LogP contribution in [0.4, 0.5) is 4.39 Å². The molecule has 0 N–H and O–H groups in total. The van der Waals surface area contributed by atoms with E-state index in [0.29, 0.717) is 11.7 Å². The Morgan fingerprint density at radius 1 is 1.16 bits per heavy atom. The molecule has 1 aromatic carbocycles. The van der Waals surface area contributed by atoms with E-state index in [-0.39, 0.29) is 23.9 Å². The number of hydrogen-bond donors (Lipinski definition) is 0. The highest BCUT2D eigenvalue weighted by Gasteiger charge is 2.40. The Hall–Kier alpha value is -2.65. The highest BCUT2D eigenvalue weighted by atomic mass is 32.2. The lowest BCUT2D eigenvalue weighted by atomic mass is 10.0. The predicted molar refractivity (Wildman–Crippen MR) is 85.4 cm³/mol. The second-order valence-corrected chi connectivity index (χ2v) is 7.61. The van der Waals surface area contributed by atoms with Crippen LogP contribution in [0.2, 0.25) is 0 Å². The summed E-state index contributed by atoms with van der Waals surface area (Å²) in [6, 6.07) is 8.35. The molecule has 0 unspecified atom stereocenters. The van der Waals surface area contributed by atoms with E-state index >= 15 is 0 Å². The molecule has 128 valence electrons. The first-order chi connectivity index (χ1) is 12.0. The normalized spacial score (nSPS) is 15.9. The van der Waals surface area contributed by atoms with E-state index in [9.17, 15) is 12.8 Å². The van der Waals surface area contributed by atoms with Crippen LogP contribution in [-0.4, -0.2) is 40.9 Å². The molecule has 25 heavy (non-hydrogen) atoms. The van der Waals surface area contributed by atoms with Gasteiger partial charge in [-0.1, -0.05) is 5.16 Å². The van der Waals surface area contributed by atoms with Gasteiger partial charge in [0.25, 0.3) is 0 Å². The fourth-order valence-corrected chi connectivity index (χ4v) is 4.09. The van der Waals surface area contributed by atoms with Crippen LogP contribution in [0.15, 0.2) is 58.2 Å². The Morgan fingerprint density at radius 2 is 1.92 bits per heavy atom. The lowest BCUT2D eigenvalue weighted by Gasteiger charge is -2.35. The van der Waals surface area contributed by atoms with Crippen LogP contribution in [0.5, 0.6) is 0 Å². The first-order valence-corrected chi connectivity index (χ1v) is 8.98. The van der Waals surface area contributed by atoms with Crippen LogP contribution in [0.1, 0.15) is 11.8 Å². The van der Waals surface area contributed by atoms with Gasteiger partial charge in [-0.2, -0.15) is 9.29 Å². The number of halogens is 1. The van der Waals surface area contributed by atoms with Crippen molar-refractivity contribution in [1.82, 2.24) is 19.4 Å². The van der Waals surface area contributed by atoms with Gasteiger partial charge in [0.1, 0.15) is 5.82 Å². The molecule has 1 saturated heterocycles. The van der Waals surface area contributed by atoms with Crippen LogP contribution >= 0.6 is 0 Å². The summed E-state index contributed by atoms with van der Waals surface area (Å²) in [6.45, 7) is 0.489. The molecule has 7 nitrogen and oxygen atoms in total. The molecule has 0 saturated carbocycles. The zero-order valence-electron chi connectivity index (χ0n) is 12.9. The van der Waals surface area contributed by atoms with Gasteiger partial charge in [0.05, 0.1) is 10.8 Å². The fraction of sp³-hybridized carbons (Fsp3) is 0.188. The average Bonchev–Trinajstić information content (AvgIpc) is 3.04. The first-order valence-electron chi connectivity index (χ1n) is 7.54. The molecule has 0 amide bonds. The number of hydrogen-bond acceptors (Lipinski definition) is 6. The van der Waals surface area contributed by atoms with Crippen molar-refractivity contribution in [3.05, 3.63) is 60.5 Å². The number of nitrogens with zero attached hydrogens (tertiary/aromatic N) is 4. The van der Waals surface area contributed by atoms with E-state index in [2.05, 4.69) is 15.1 Å². The van der Waals surface area contributed by atoms with Gasteiger partial charge in [-0.25, -0.2) is 12.8 Å². The maximum atomic E-state index is 13.0. The van der Waals surface area contributed by atoms with Gasteiger partial charge >= 0.3 is 0 Å². The second-order valence-electron chi connectivity index (χ2n) is 5.67. The highest BCUT2D eigenvalue weighted by molar-refractivity contribution is 7.89. The second kappa shape index (κ2) is 6.01. The molecule has 2 aromatic heterocycles. The zero-order valence-corrected chi connectivity index (χ0v) is 13.7. The predicted octanol–water partition coefficient (Wildman–Crippen LogP) is 2.06. The topological polar surface area (TPSA) is 89.2 Å². The van der Waals surface area contributed by atoms with E-state index in [1.165, 1.54) is 16.4 Å². The van der Waals surface area contributed by atoms with E-state index in [1.54, 1.807) is 18.5 Å². The Morgan fingerprint density at radius 3 is 2.60 bits per heavy atom. The maximum Gasteiger partial charge on any atom is 0.243 e.